The number of hydrogen-bond acceptors (Lipinski definition) is 4. The first-order chi connectivity index (χ1) is 13.6. The lowest BCUT2D eigenvalue weighted by atomic mass is 9.71. The van der Waals surface area contributed by atoms with E-state index in [-0.39, 0.29) is 11.8 Å². The Balaban J connectivity index is 3.15. The van der Waals surface area contributed by atoms with Gasteiger partial charge in [0.2, 0.25) is 11.8 Å². The second-order valence-corrected chi connectivity index (χ2v) is 11.3. The highest BCUT2D eigenvalue weighted by molar-refractivity contribution is 6.05. The molecule has 0 aromatic heterocycles. The predicted molar refractivity (Wildman–Crippen MR) is 121 cm³/mol. The van der Waals surface area contributed by atoms with Gasteiger partial charge in [0.1, 0.15) is 5.41 Å². The maximum absolute atomic E-state index is 13.5. The van der Waals surface area contributed by atoms with Crippen LogP contribution in [0.25, 0.3) is 0 Å². The van der Waals surface area contributed by atoms with Crippen molar-refractivity contribution >= 4 is 11.8 Å². The third kappa shape index (κ3) is 7.52. The maximum Gasteiger partial charge on any atom is 0.236 e. The minimum absolute atomic E-state index is 0.295. The molecule has 6 heteroatoms. The van der Waals surface area contributed by atoms with Gasteiger partial charge in [0.25, 0.3) is 0 Å². The van der Waals surface area contributed by atoms with E-state index in [2.05, 4.69) is 10.6 Å². The smallest absolute Gasteiger partial charge is 0.236 e. The van der Waals surface area contributed by atoms with Gasteiger partial charge >= 0.3 is 0 Å². The molecule has 30 heavy (non-hydrogen) atoms. The Kier molecular flexibility index (Phi) is 9.37. The van der Waals surface area contributed by atoms with Crippen LogP contribution in [-0.2, 0) is 9.59 Å². The lowest BCUT2D eigenvalue weighted by Gasteiger charge is -2.40. The molecular formula is C24H46N2O4. The van der Waals surface area contributed by atoms with Crippen molar-refractivity contribution < 1.29 is 19.8 Å². The molecule has 0 unspecified atom stereocenters. The van der Waals surface area contributed by atoms with Crippen molar-refractivity contribution in [3.05, 3.63) is 0 Å². The van der Waals surface area contributed by atoms with E-state index >= 15 is 0 Å². The van der Waals surface area contributed by atoms with Crippen LogP contribution in [0.5, 0.6) is 0 Å². The fourth-order valence-electron chi connectivity index (χ4n) is 4.30. The van der Waals surface area contributed by atoms with E-state index in [0.29, 0.717) is 37.5 Å². The van der Waals surface area contributed by atoms with Crippen molar-refractivity contribution in [3.63, 3.8) is 0 Å². The molecule has 0 bridgehead atoms. The summed E-state index contributed by atoms with van der Waals surface area (Å²) < 4.78 is 0. The van der Waals surface area contributed by atoms with Gasteiger partial charge in [-0.3, -0.25) is 9.59 Å². The van der Waals surface area contributed by atoms with Crippen molar-refractivity contribution in [3.8, 4) is 0 Å². The first-order valence-corrected chi connectivity index (χ1v) is 11.7. The van der Waals surface area contributed by atoms with Crippen molar-refractivity contribution in [2.75, 3.05) is 0 Å². The summed E-state index contributed by atoms with van der Waals surface area (Å²) >= 11 is 0. The molecule has 1 saturated carbocycles. The van der Waals surface area contributed by atoms with Gasteiger partial charge in [-0.15, -0.1) is 0 Å². The molecule has 0 radical (unpaired) electrons. The van der Waals surface area contributed by atoms with Gasteiger partial charge in [-0.25, -0.2) is 0 Å². The molecule has 0 aliphatic heterocycles. The van der Waals surface area contributed by atoms with E-state index in [1.54, 1.807) is 27.7 Å². The number of hydrogen-bond donors (Lipinski definition) is 4. The summed E-state index contributed by atoms with van der Waals surface area (Å²) in [6, 6.07) is -0.866. The molecule has 1 rings (SSSR count). The highest BCUT2D eigenvalue weighted by Crippen LogP contribution is 2.38. The fraction of sp³-hybridized carbons (Fsp3) is 0.917. The number of aliphatic hydroxyl groups is 2. The van der Waals surface area contributed by atoms with Crippen molar-refractivity contribution in [2.45, 2.75) is 124 Å². The van der Waals surface area contributed by atoms with E-state index in [9.17, 15) is 19.8 Å². The lowest BCUT2D eigenvalue weighted by Crippen LogP contribution is -2.61. The predicted octanol–water partition coefficient (Wildman–Crippen LogP) is 3.54. The summed E-state index contributed by atoms with van der Waals surface area (Å²) in [5.41, 5.74) is -3.32. The zero-order valence-electron chi connectivity index (χ0n) is 20.5. The molecule has 0 aromatic rings. The summed E-state index contributed by atoms with van der Waals surface area (Å²) in [4.78, 5) is 27.0. The van der Waals surface area contributed by atoms with Crippen LogP contribution in [0, 0.1) is 17.3 Å². The Morgan fingerprint density at radius 3 is 1.37 bits per heavy atom. The van der Waals surface area contributed by atoms with Gasteiger partial charge < -0.3 is 20.8 Å². The molecule has 2 amide bonds. The average Bonchev–Trinajstić information content (AvgIpc) is 2.58. The first-order valence-electron chi connectivity index (χ1n) is 11.7. The molecule has 0 spiro atoms. The van der Waals surface area contributed by atoms with E-state index in [4.69, 9.17) is 0 Å². The lowest BCUT2D eigenvalue weighted by molar-refractivity contribution is -0.149. The third-order valence-electron chi connectivity index (χ3n) is 6.31. The van der Waals surface area contributed by atoms with E-state index in [0.717, 1.165) is 19.3 Å². The zero-order valence-corrected chi connectivity index (χ0v) is 20.5. The monoisotopic (exact) mass is 426 g/mol. The summed E-state index contributed by atoms with van der Waals surface area (Å²) in [7, 11) is 0. The molecule has 6 nitrogen and oxygen atoms in total. The second kappa shape index (κ2) is 10.4. The molecule has 0 aromatic carbocycles. The molecule has 0 saturated heterocycles. The number of carbonyl (C=O) groups is 2. The van der Waals surface area contributed by atoms with Crippen LogP contribution in [0.4, 0.5) is 0 Å². The summed E-state index contributed by atoms with van der Waals surface area (Å²) in [5.74, 6) is -0.00929. The summed E-state index contributed by atoms with van der Waals surface area (Å²) in [6.07, 6.45) is 4.88. The zero-order chi connectivity index (χ0) is 23.3. The van der Waals surface area contributed by atoms with E-state index in [1.807, 2.05) is 27.7 Å². The van der Waals surface area contributed by atoms with Crippen LogP contribution in [0.2, 0.25) is 0 Å². The van der Waals surface area contributed by atoms with Crippen molar-refractivity contribution in [1.82, 2.24) is 10.6 Å². The SMILES string of the molecule is CC(C)C[C@@H](NC(=O)C1(C(=O)N[C@H](CC(C)C)C(C)(C)O)CCCCC1)C(C)(C)O. The molecule has 176 valence electrons. The summed E-state index contributed by atoms with van der Waals surface area (Å²) in [6.45, 7) is 15.0. The standard InChI is InChI=1S/C24H46N2O4/c1-16(2)14-18(22(5,6)29)25-20(27)24(12-10-9-11-13-24)21(28)26-19(15-17(3)4)23(7,8)30/h16-19,29-30H,9-15H2,1-8H3,(H,25,27)(H,26,28)/t18-,19-/m1/s1. The van der Waals surface area contributed by atoms with Crippen LogP contribution in [0.1, 0.15) is 100 Å². The van der Waals surface area contributed by atoms with Crippen molar-refractivity contribution in [2.24, 2.45) is 17.3 Å². The molecule has 1 fully saturated rings. The van der Waals surface area contributed by atoms with Gasteiger partial charge in [-0.2, -0.15) is 0 Å². The maximum atomic E-state index is 13.5. The van der Waals surface area contributed by atoms with Gasteiger partial charge in [0, 0.05) is 0 Å². The Labute approximate surface area is 183 Å². The quantitative estimate of drug-likeness (QED) is 0.402. The van der Waals surface area contributed by atoms with E-state index < -0.39 is 28.7 Å². The average molecular weight is 427 g/mol. The number of amides is 2. The number of nitrogens with one attached hydrogen (secondary N) is 2. The minimum atomic E-state index is -1.15. The highest BCUT2D eigenvalue weighted by Gasteiger charge is 2.49. The molecule has 1 aliphatic rings. The molecule has 4 N–H and O–H groups in total. The van der Waals surface area contributed by atoms with Crippen LogP contribution >= 0.6 is 0 Å². The van der Waals surface area contributed by atoms with Gasteiger partial charge in [0.15, 0.2) is 0 Å². The Bertz CT molecular complexity index is 523. The largest absolute Gasteiger partial charge is 0.388 e. The number of carbonyl (C=O) groups excluding carboxylic acids is 2. The van der Waals surface area contributed by atoms with Crippen LogP contribution in [0.15, 0.2) is 0 Å². The first kappa shape index (κ1) is 26.9. The number of rotatable bonds is 10. The highest BCUT2D eigenvalue weighted by atomic mass is 16.3. The fourth-order valence-corrected chi connectivity index (χ4v) is 4.30. The van der Waals surface area contributed by atoms with Gasteiger partial charge in [-0.1, -0.05) is 47.0 Å². The molecule has 2 atom stereocenters. The van der Waals surface area contributed by atoms with Crippen LogP contribution in [-0.4, -0.2) is 45.3 Å². The van der Waals surface area contributed by atoms with Crippen LogP contribution in [0.3, 0.4) is 0 Å². The Hall–Kier alpha value is -1.14. The third-order valence-corrected chi connectivity index (χ3v) is 6.31. The van der Waals surface area contributed by atoms with E-state index in [1.165, 1.54) is 0 Å². The van der Waals surface area contributed by atoms with Gasteiger partial charge in [0.05, 0.1) is 23.3 Å². The Morgan fingerprint density at radius 1 is 0.767 bits per heavy atom. The molecule has 0 heterocycles. The topological polar surface area (TPSA) is 98.7 Å². The van der Waals surface area contributed by atoms with Gasteiger partial charge in [-0.05, 0) is 65.2 Å². The normalized spacial score (nSPS) is 19.5. The van der Waals surface area contributed by atoms with Crippen LogP contribution < -0.4 is 10.6 Å². The van der Waals surface area contributed by atoms with Crippen molar-refractivity contribution in [1.29, 1.82) is 0 Å². The summed E-state index contributed by atoms with van der Waals surface area (Å²) in [5, 5.41) is 27.2. The molecule has 1 aliphatic carbocycles. The minimum Gasteiger partial charge on any atom is -0.388 e. The molecular weight excluding hydrogens is 380 g/mol. The second-order valence-electron chi connectivity index (χ2n) is 11.3. The Morgan fingerprint density at radius 2 is 1.10 bits per heavy atom.